The van der Waals surface area contributed by atoms with Gasteiger partial charge in [-0.15, -0.1) is 5.10 Å². The van der Waals surface area contributed by atoms with Crippen molar-refractivity contribution >= 4 is 11.5 Å². The third kappa shape index (κ3) is 1.89. The molecule has 1 aliphatic carbocycles. The van der Waals surface area contributed by atoms with E-state index in [1.807, 2.05) is 0 Å². The normalized spacial score (nSPS) is 19.8. The second-order valence-corrected chi connectivity index (χ2v) is 4.17. The van der Waals surface area contributed by atoms with Gasteiger partial charge in [0.2, 0.25) is 0 Å². The summed E-state index contributed by atoms with van der Waals surface area (Å²) in [6, 6.07) is 0.456. The molecule has 1 saturated carbocycles. The summed E-state index contributed by atoms with van der Waals surface area (Å²) >= 11 is 1.44. The molecule has 1 aromatic heterocycles. The van der Waals surface area contributed by atoms with Crippen LogP contribution in [0.15, 0.2) is 5.38 Å². The standard InChI is InChI=1S/C9H15N3S/c1-2-10-9(7-4-3-5-7)8-6-13-12-11-8/h6-7,9-10H,2-5H2,1H3. The summed E-state index contributed by atoms with van der Waals surface area (Å²) in [6.07, 6.45) is 4.06. The Hall–Kier alpha value is -0.480. The smallest absolute Gasteiger partial charge is 0.0927 e. The van der Waals surface area contributed by atoms with Crippen molar-refractivity contribution < 1.29 is 0 Å². The van der Waals surface area contributed by atoms with Gasteiger partial charge >= 0.3 is 0 Å². The number of aromatic nitrogens is 2. The molecule has 3 nitrogen and oxygen atoms in total. The molecule has 1 heterocycles. The highest BCUT2D eigenvalue weighted by atomic mass is 32.1. The van der Waals surface area contributed by atoms with Gasteiger partial charge in [0, 0.05) is 5.38 Å². The predicted octanol–water partition coefficient (Wildman–Crippen LogP) is 1.99. The van der Waals surface area contributed by atoms with E-state index in [0.29, 0.717) is 6.04 Å². The van der Waals surface area contributed by atoms with E-state index in [-0.39, 0.29) is 0 Å². The molecule has 1 atom stereocenters. The summed E-state index contributed by atoms with van der Waals surface area (Å²) in [5, 5.41) is 9.70. The SMILES string of the molecule is CCNC(c1csnn1)C1CCC1. The molecule has 0 aromatic carbocycles. The molecule has 1 fully saturated rings. The molecule has 0 bridgehead atoms. The van der Waals surface area contributed by atoms with Crippen LogP contribution in [0, 0.1) is 5.92 Å². The van der Waals surface area contributed by atoms with Gasteiger partial charge in [0.25, 0.3) is 0 Å². The number of rotatable bonds is 4. The molecule has 72 valence electrons. The van der Waals surface area contributed by atoms with E-state index in [1.54, 1.807) is 0 Å². The highest BCUT2D eigenvalue weighted by Gasteiger charge is 2.29. The topological polar surface area (TPSA) is 37.8 Å². The monoisotopic (exact) mass is 197 g/mol. The summed E-state index contributed by atoms with van der Waals surface area (Å²) in [5.74, 6) is 0.795. The van der Waals surface area contributed by atoms with E-state index in [9.17, 15) is 0 Å². The van der Waals surface area contributed by atoms with Crippen molar-refractivity contribution in [1.82, 2.24) is 14.9 Å². The molecule has 1 aromatic rings. The Kier molecular flexibility index (Phi) is 2.90. The summed E-state index contributed by atoms with van der Waals surface area (Å²) in [7, 11) is 0. The summed E-state index contributed by atoms with van der Waals surface area (Å²) in [4.78, 5) is 0. The maximum Gasteiger partial charge on any atom is 0.0927 e. The molecule has 2 rings (SSSR count). The van der Waals surface area contributed by atoms with Crippen molar-refractivity contribution in [3.63, 3.8) is 0 Å². The van der Waals surface area contributed by atoms with Crippen LogP contribution in [0.1, 0.15) is 37.9 Å². The van der Waals surface area contributed by atoms with Gasteiger partial charge in [-0.2, -0.15) is 0 Å². The molecule has 0 amide bonds. The van der Waals surface area contributed by atoms with Gasteiger partial charge in [-0.3, -0.25) is 0 Å². The summed E-state index contributed by atoms with van der Waals surface area (Å²) < 4.78 is 3.92. The average Bonchev–Trinajstić information content (AvgIpc) is 2.51. The van der Waals surface area contributed by atoms with Crippen LogP contribution in [-0.4, -0.2) is 16.1 Å². The second kappa shape index (κ2) is 4.15. The molecule has 0 spiro atoms. The number of hydrogen-bond donors (Lipinski definition) is 1. The first-order valence-electron chi connectivity index (χ1n) is 4.92. The van der Waals surface area contributed by atoms with Crippen molar-refractivity contribution in [3.8, 4) is 0 Å². The Balaban J connectivity index is 2.04. The van der Waals surface area contributed by atoms with Gasteiger partial charge < -0.3 is 5.32 Å². The summed E-state index contributed by atoms with van der Waals surface area (Å²) in [6.45, 7) is 3.16. The van der Waals surface area contributed by atoms with Gasteiger partial charge in [-0.25, -0.2) is 0 Å². The van der Waals surface area contributed by atoms with Crippen molar-refractivity contribution in [1.29, 1.82) is 0 Å². The van der Waals surface area contributed by atoms with E-state index in [2.05, 4.69) is 27.2 Å². The molecule has 0 radical (unpaired) electrons. The van der Waals surface area contributed by atoms with Crippen LogP contribution in [0.5, 0.6) is 0 Å². The predicted molar refractivity (Wildman–Crippen MR) is 53.7 cm³/mol. The Labute approximate surface area is 82.7 Å². The van der Waals surface area contributed by atoms with Crippen LogP contribution in [-0.2, 0) is 0 Å². The first kappa shape index (κ1) is 9.09. The highest BCUT2D eigenvalue weighted by Crippen LogP contribution is 2.37. The fourth-order valence-corrected chi connectivity index (χ4v) is 2.30. The molecular formula is C9H15N3S. The van der Waals surface area contributed by atoms with Gasteiger partial charge in [-0.1, -0.05) is 17.8 Å². The van der Waals surface area contributed by atoms with Crippen molar-refractivity contribution in [2.75, 3.05) is 6.54 Å². The summed E-state index contributed by atoms with van der Waals surface area (Å²) in [5.41, 5.74) is 1.14. The Morgan fingerprint density at radius 2 is 2.54 bits per heavy atom. The fraction of sp³-hybridized carbons (Fsp3) is 0.778. The Bertz CT molecular complexity index is 243. The maximum absolute atomic E-state index is 4.14. The Morgan fingerprint density at radius 1 is 1.69 bits per heavy atom. The number of nitrogens with one attached hydrogen (secondary N) is 1. The van der Waals surface area contributed by atoms with E-state index >= 15 is 0 Å². The van der Waals surface area contributed by atoms with E-state index < -0.39 is 0 Å². The van der Waals surface area contributed by atoms with Crippen molar-refractivity contribution in [3.05, 3.63) is 11.1 Å². The van der Waals surface area contributed by atoms with Gasteiger partial charge in [-0.05, 0) is 36.8 Å². The van der Waals surface area contributed by atoms with Crippen molar-refractivity contribution in [2.45, 2.75) is 32.2 Å². The fourth-order valence-electron chi connectivity index (χ4n) is 1.81. The van der Waals surface area contributed by atoms with Crippen LogP contribution in [0.3, 0.4) is 0 Å². The lowest BCUT2D eigenvalue weighted by Crippen LogP contribution is -2.32. The number of hydrogen-bond acceptors (Lipinski definition) is 4. The van der Waals surface area contributed by atoms with E-state index in [1.165, 1.54) is 30.8 Å². The third-order valence-corrected chi connectivity index (χ3v) is 3.26. The quantitative estimate of drug-likeness (QED) is 0.802. The lowest BCUT2D eigenvalue weighted by atomic mass is 9.79. The largest absolute Gasteiger partial charge is 0.309 e. The van der Waals surface area contributed by atoms with Crippen molar-refractivity contribution in [2.24, 2.45) is 5.92 Å². The first-order valence-corrected chi connectivity index (χ1v) is 5.75. The minimum absolute atomic E-state index is 0.456. The zero-order valence-corrected chi connectivity index (χ0v) is 8.68. The van der Waals surface area contributed by atoms with E-state index in [0.717, 1.165) is 18.2 Å². The molecule has 1 aliphatic rings. The number of nitrogens with zero attached hydrogens (tertiary/aromatic N) is 2. The zero-order valence-electron chi connectivity index (χ0n) is 7.86. The zero-order chi connectivity index (χ0) is 9.10. The highest BCUT2D eigenvalue weighted by molar-refractivity contribution is 7.03. The molecule has 0 saturated heterocycles. The first-order chi connectivity index (χ1) is 6.42. The molecule has 1 unspecified atom stereocenters. The second-order valence-electron chi connectivity index (χ2n) is 3.56. The molecule has 13 heavy (non-hydrogen) atoms. The van der Waals surface area contributed by atoms with Gasteiger partial charge in [0.05, 0.1) is 11.7 Å². The lowest BCUT2D eigenvalue weighted by molar-refractivity contribution is 0.229. The van der Waals surface area contributed by atoms with Gasteiger partial charge in [0.15, 0.2) is 0 Å². The molecular weight excluding hydrogens is 182 g/mol. The molecule has 1 N–H and O–H groups in total. The molecule has 0 aliphatic heterocycles. The average molecular weight is 197 g/mol. The third-order valence-electron chi connectivity index (χ3n) is 2.74. The Morgan fingerprint density at radius 3 is 3.00 bits per heavy atom. The minimum atomic E-state index is 0.456. The molecule has 4 heteroatoms. The maximum atomic E-state index is 4.14. The van der Waals surface area contributed by atoms with E-state index in [4.69, 9.17) is 0 Å². The lowest BCUT2D eigenvalue weighted by Gasteiger charge is -2.32. The minimum Gasteiger partial charge on any atom is -0.309 e. The van der Waals surface area contributed by atoms with Gasteiger partial charge in [0.1, 0.15) is 0 Å². The van der Waals surface area contributed by atoms with Crippen LogP contribution in [0.4, 0.5) is 0 Å². The van der Waals surface area contributed by atoms with Crippen LogP contribution >= 0.6 is 11.5 Å². The van der Waals surface area contributed by atoms with Crippen LogP contribution in [0.25, 0.3) is 0 Å². The van der Waals surface area contributed by atoms with Crippen LogP contribution in [0.2, 0.25) is 0 Å². The van der Waals surface area contributed by atoms with Crippen LogP contribution < -0.4 is 5.32 Å².